The van der Waals surface area contributed by atoms with Crippen LogP contribution in [0.15, 0.2) is 36.4 Å². The third-order valence-electron chi connectivity index (χ3n) is 5.40. The molecule has 1 aliphatic carbocycles. The van der Waals surface area contributed by atoms with Crippen LogP contribution in [0, 0.1) is 5.41 Å². The molecule has 1 aromatic rings. The van der Waals surface area contributed by atoms with Gasteiger partial charge in [-0.2, -0.15) is 0 Å². The number of hydrogen-bond donors (Lipinski definition) is 0. The first kappa shape index (κ1) is 21.4. The van der Waals surface area contributed by atoms with Crippen LogP contribution < -0.4 is 0 Å². The molecule has 1 aromatic carbocycles. The van der Waals surface area contributed by atoms with Gasteiger partial charge in [0.2, 0.25) is 0 Å². The van der Waals surface area contributed by atoms with E-state index in [1.807, 2.05) is 36.4 Å². The lowest BCUT2D eigenvalue weighted by Crippen LogP contribution is -2.37. The highest BCUT2D eigenvalue weighted by atomic mass is 16.5. The zero-order chi connectivity index (χ0) is 19.5. The summed E-state index contributed by atoms with van der Waals surface area (Å²) in [5.74, 6) is -0.540. The maximum absolute atomic E-state index is 13.0. The maximum Gasteiger partial charge on any atom is 0.324 e. The molecule has 0 saturated carbocycles. The number of unbranched alkanes of at least 4 members (excludes halogenated alkanes) is 8. The number of benzene rings is 1. The lowest BCUT2D eigenvalue weighted by Gasteiger charge is -2.21. The lowest BCUT2D eigenvalue weighted by atomic mass is 9.83. The Bertz CT molecular complexity index is 647. The number of ketones is 1. The van der Waals surface area contributed by atoms with E-state index in [1.54, 1.807) is 6.92 Å². The number of esters is 1. The number of hydrogen-bond acceptors (Lipinski definition) is 3. The van der Waals surface area contributed by atoms with E-state index in [1.165, 1.54) is 44.9 Å². The molecule has 3 nitrogen and oxygen atoms in total. The van der Waals surface area contributed by atoms with Gasteiger partial charge in [-0.3, -0.25) is 9.59 Å². The van der Waals surface area contributed by atoms with Crippen LogP contribution in [0.25, 0.3) is 0 Å². The zero-order valence-corrected chi connectivity index (χ0v) is 17.0. The summed E-state index contributed by atoms with van der Waals surface area (Å²) >= 11 is 0. The van der Waals surface area contributed by atoms with Crippen molar-refractivity contribution < 1.29 is 14.3 Å². The molecule has 0 aliphatic heterocycles. The highest BCUT2D eigenvalue weighted by Gasteiger charge is 2.50. The van der Waals surface area contributed by atoms with E-state index in [0.29, 0.717) is 12.0 Å². The smallest absolute Gasteiger partial charge is 0.324 e. The molecule has 27 heavy (non-hydrogen) atoms. The third kappa shape index (κ3) is 5.54. The first-order valence-electron chi connectivity index (χ1n) is 10.6. The Balaban J connectivity index is 1.89. The van der Waals surface area contributed by atoms with Crippen molar-refractivity contribution in [1.29, 1.82) is 0 Å². The molecule has 0 bridgehead atoms. The van der Waals surface area contributed by atoms with Gasteiger partial charge in [-0.25, -0.2) is 0 Å². The maximum atomic E-state index is 13.0. The molecule has 0 amide bonds. The molecule has 1 aliphatic rings. The van der Waals surface area contributed by atoms with Crippen molar-refractivity contribution in [3.05, 3.63) is 47.5 Å². The van der Waals surface area contributed by atoms with Crippen LogP contribution >= 0.6 is 0 Å². The summed E-state index contributed by atoms with van der Waals surface area (Å²) in [6, 6.07) is 7.51. The van der Waals surface area contributed by atoms with Crippen molar-refractivity contribution in [2.24, 2.45) is 5.41 Å². The third-order valence-corrected chi connectivity index (χ3v) is 5.40. The number of ether oxygens (including phenoxy) is 1. The minimum Gasteiger partial charge on any atom is -0.465 e. The highest BCUT2D eigenvalue weighted by Crippen LogP contribution is 2.39. The second kappa shape index (κ2) is 11.1. The standard InChI is InChI=1S/C24H34O3/c1-3-5-6-7-8-9-10-11-12-15-18-24(23(26)27-4-2)19-20-16-13-14-17-21(20)22(24)25/h13-18H,3-12,19H2,1-2H3/b18-15+. The second-order valence-corrected chi connectivity index (χ2v) is 7.52. The number of allylic oxidation sites excluding steroid dienone is 1. The molecule has 0 heterocycles. The quantitative estimate of drug-likeness (QED) is 0.194. The van der Waals surface area contributed by atoms with Gasteiger partial charge in [0, 0.05) is 12.0 Å². The number of fused-ring (bicyclic) bond motifs is 1. The second-order valence-electron chi connectivity index (χ2n) is 7.52. The molecule has 148 valence electrons. The molecule has 1 unspecified atom stereocenters. The Labute approximate surface area is 164 Å². The van der Waals surface area contributed by atoms with Crippen molar-refractivity contribution in [3.8, 4) is 0 Å². The summed E-state index contributed by atoms with van der Waals surface area (Å²) in [6.07, 6.45) is 15.3. The molecule has 0 radical (unpaired) electrons. The Morgan fingerprint density at radius 1 is 1.04 bits per heavy atom. The predicted octanol–water partition coefficient (Wildman–Crippen LogP) is 6.06. The highest BCUT2D eigenvalue weighted by molar-refractivity contribution is 6.17. The van der Waals surface area contributed by atoms with E-state index in [2.05, 4.69) is 6.92 Å². The van der Waals surface area contributed by atoms with E-state index in [-0.39, 0.29) is 12.4 Å². The molecular weight excluding hydrogens is 336 g/mol. The first-order chi connectivity index (χ1) is 13.2. The summed E-state index contributed by atoms with van der Waals surface area (Å²) in [4.78, 5) is 25.6. The van der Waals surface area contributed by atoms with Crippen LogP contribution in [0.1, 0.15) is 87.6 Å². The predicted molar refractivity (Wildman–Crippen MR) is 110 cm³/mol. The summed E-state index contributed by atoms with van der Waals surface area (Å²) in [5.41, 5.74) is 0.425. The minimum absolute atomic E-state index is 0.122. The molecule has 0 fully saturated rings. The summed E-state index contributed by atoms with van der Waals surface area (Å²) in [6.45, 7) is 4.31. The van der Waals surface area contributed by atoms with Crippen molar-refractivity contribution in [2.45, 2.75) is 78.1 Å². The molecule has 0 aromatic heterocycles. The average Bonchev–Trinajstić information content (AvgIpc) is 2.97. The SMILES string of the molecule is CCCCCCCCCC/C=C/C1(C(=O)OCC)Cc2ccccc2C1=O. The van der Waals surface area contributed by atoms with Crippen LogP contribution in [0.4, 0.5) is 0 Å². The Morgan fingerprint density at radius 3 is 2.37 bits per heavy atom. The number of rotatable bonds is 12. The van der Waals surface area contributed by atoms with Crippen LogP contribution in [0.5, 0.6) is 0 Å². The topological polar surface area (TPSA) is 43.4 Å². The monoisotopic (exact) mass is 370 g/mol. The fourth-order valence-electron chi connectivity index (χ4n) is 3.82. The zero-order valence-electron chi connectivity index (χ0n) is 17.0. The van der Waals surface area contributed by atoms with Crippen molar-refractivity contribution in [1.82, 2.24) is 0 Å². The largest absolute Gasteiger partial charge is 0.465 e. The number of Topliss-reactive ketones (excluding diaryl/α,β-unsaturated/α-hetero) is 1. The van der Waals surface area contributed by atoms with Gasteiger partial charge in [0.1, 0.15) is 0 Å². The molecule has 1 atom stereocenters. The van der Waals surface area contributed by atoms with E-state index >= 15 is 0 Å². The molecule has 0 N–H and O–H groups in total. The van der Waals surface area contributed by atoms with Gasteiger partial charge in [-0.15, -0.1) is 0 Å². The van der Waals surface area contributed by atoms with E-state index in [0.717, 1.165) is 18.4 Å². The fourth-order valence-corrected chi connectivity index (χ4v) is 3.82. The van der Waals surface area contributed by atoms with E-state index in [9.17, 15) is 9.59 Å². The van der Waals surface area contributed by atoms with E-state index in [4.69, 9.17) is 4.74 Å². The van der Waals surface area contributed by atoms with E-state index < -0.39 is 11.4 Å². The Hall–Kier alpha value is -1.90. The lowest BCUT2D eigenvalue weighted by molar-refractivity contribution is -0.149. The van der Waals surface area contributed by atoms with Gasteiger partial charge < -0.3 is 4.74 Å². The average molecular weight is 371 g/mol. The van der Waals surface area contributed by atoms with Crippen molar-refractivity contribution in [2.75, 3.05) is 6.61 Å². The fraction of sp³-hybridized carbons (Fsp3) is 0.583. The first-order valence-corrected chi connectivity index (χ1v) is 10.6. The van der Waals surface area contributed by atoms with Crippen LogP contribution in [0.2, 0.25) is 0 Å². The number of carbonyl (C=O) groups excluding carboxylic acids is 2. The van der Waals surface area contributed by atoms with Gasteiger partial charge in [0.25, 0.3) is 0 Å². The summed E-state index contributed by atoms with van der Waals surface area (Å²) in [5, 5.41) is 0. The van der Waals surface area contributed by atoms with Crippen LogP contribution in [-0.2, 0) is 16.0 Å². The molecule has 3 heteroatoms. The summed E-state index contributed by atoms with van der Waals surface area (Å²) in [7, 11) is 0. The molecule has 2 rings (SSSR count). The van der Waals surface area contributed by atoms with Crippen molar-refractivity contribution in [3.63, 3.8) is 0 Å². The molecule has 0 saturated heterocycles. The Morgan fingerprint density at radius 2 is 1.70 bits per heavy atom. The van der Waals surface area contributed by atoms with Gasteiger partial charge in [0.15, 0.2) is 11.2 Å². The van der Waals surface area contributed by atoms with Crippen molar-refractivity contribution >= 4 is 11.8 Å². The van der Waals surface area contributed by atoms with Gasteiger partial charge in [0.05, 0.1) is 6.61 Å². The van der Waals surface area contributed by atoms with Crippen LogP contribution in [-0.4, -0.2) is 18.4 Å². The Kier molecular flexibility index (Phi) is 8.77. The van der Waals surface area contributed by atoms with Gasteiger partial charge in [-0.1, -0.05) is 88.3 Å². The van der Waals surface area contributed by atoms with Gasteiger partial charge >= 0.3 is 5.97 Å². The van der Waals surface area contributed by atoms with Crippen LogP contribution in [0.3, 0.4) is 0 Å². The van der Waals surface area contributed by atoms with Gasteiger partial charge in [-0.05, 0) is 25.3 Å². The molecular formula is C24H34O3. The number of carbonyl (C=O) groups is 2. The molecule has 0 spiro atoms. The summed E-state index contributed by atoms with van der Waals surface area (Å²) < 4.78 is 5.26. The normalized spacial score (nSPS) is 18.8. The minimum atomic E-state index is -1.17.